The second-order valence-corrected chi connectivity index (χ2v) is 7.77. The summed E-state index contributed by atoms with van der Waals surface area (Å²) in [5, 5.41) is 4.09. The molecule has 3 rings (SSSR count). The molecule has 28 heavy (non-hydrogen) atoms. The monoisotopic (exact) mass is 401 g/mol. The van der Waals surface area contributed by atoms with Gasteiger partial charge in [0.15, 0.2) is 0 Å². The maximum absolute atomic E-state index is 12.5. The number of aryl methyl sites for hydroxylation is 1. The molecule has 0 saturated heterocycles. The van der Waals surface area contributed by atoms with Gasteiger partial charge in [0, 0.05) is 31.5 Å². The Balaban J connectivity index is 1.74. The summed E-state index contributed by atoms with van der Waals surface area (Å²) < 4.78 is 34.3. The zero-order valence-electron chi connectivity index (χ0n) is 15.3. The van der Waals surface area contributed by atoms with Crippen molar-refractivity contribution in [2.45, 2.75) is 11.4 Å². The van der Waals surface area contributed by atoms with Crippen LogP contribution in [0, 0.1) is 0 Å². The Kier molecular flexibility index (Phi) is 5.43. The smallest absolute Gasteiger partial charge is 0.252 e. The topological polar surface area (TPSA) is 129 Å². The highest BCUT2D eigenvalue weighted by Gasteiger charge is 2.18. The van der Waals surface area contributed by atoms with E-state index < -0.39 is 15.9 Å². The van der Waals surface area contributed by atoms with Gasteiger partial charge >= 0.3 is 0 Å². The van der Waals surface area contributed by atoms with Crippen LogP contribution < -0.4 is 15.2 Å². The Hall–Kier alpha value is -3.24. The van der Waals surface area contributed by atoms with E-state index in [-0.39, 0.29) is 22.8 Å². The van der Waals surface area contributed by atoms with Crippen LogP contribution in [0.2, 0.25) is 0 Å². The number of pyridine rings is 1. The van der Waals surface area contributed by atoms with Gasteiger partial charge in [0.05, 0.1) is 29.5 Å². The third-order valence-corrected chi connectivity index (χ3v) is 5.44. The minimum atomic E-state index is -3.85. The van der Waals surface area contributed by atoms with Gasteiger partial charge in [0.25, 0.3) is 5.91 Å². The number of rotatable bonds is 7. The van der Waals surface area contributed by atoms with Crippen LogP contribution in [0.1, 0.15) is 15.9 Å². The number of hydrogen-bond acceptors (Lipinski definition) is 6. The lowest BCUT2D eigenvalue weighted by Gasteiger charge is -2.10. The summed E-state index contributed by atoms with van der Waals surface area (Å²) in [6, 6.07) is 7.49. The number of nitrogens with zero attached hydrogens (tertiary/aromatic N) is 3. The highest BCUT2D eigenvalue weighted by Crippen LogP contribution is 2.22. The molecule has 0 atom stereocenters. The first-order valence-electron chi connectivity index (χ1n) is 8.21. The third kappa shape index (κ3) is 4.18. The summed E-state index contributed by atoms with van der Waals surface area (Å²) in [5.41, 5.74) is 7.56. The average Bonchev–Trinajstić information content (AvgIpc) is 3.12. The number of nitrogens with two attached hydrogens (primary N) is 1. The Labute approximate surface area is 162 Å². The molecule has 3 aromatic rings. The van der Waals surface area contributed by atoms with Crippen LogP contribution in [-0.2, 0) is 23.6 Å². The normalized spacial score (nSPS) is 11.4. The zero-order valence-corrected chi connectivity index (χ0v) is 16.1. The molecule has 2 heterocycles. The van der Waals surface area contributed by atoms with Crippen molar-refractivity contribution in [1.82, 2.24) is 19.5 Å². The van der Waals surface area contributed by atoms with E-state index in [1.54, 1.807) is 29.2 Å². The molecule has 0 bridgehead atoms. The predicted molar refractivity (Wildman–Crippen MR) is 102 cm³/mol. The summed E-state index contributed by atoms with van der Waals surface area (Å²) in [7, 11) is -0.667. The summed E-state index contributed by atoms with van der Waals surface area (Å²) in [4.78, 5) is 15.8. The van der Waals surface area contributed by atoms with E-state index in [1.807, 2.05) is 13.2 Å². The molecular formula is C18H19N5O4S. The van der Waals surface area contributed by atoms with Crippen molar-refractivity contribution in [2.75, 3.05) is 7.11 Å². The van der Waals surface area contributed by atoms with Gasteiger partial charge in [-0.1, -0.05) is 6.07 Å². The van der Waals surface area contributed by atoms with Crippen LogP contribution in [0.3, 0.4) is 0 Å². The number of methoxy groups -OCH3 is 1. The average molecular weight is 401 g/mol. The number of benzene rings is 1. The van der Waals surface area contributed by atoms with Gasteiger partial charge in [0.1, 0.15) is 5.75 Å². The molecule has 2 aromatic heterocycles. The SMILES string of the molecule is COc1ccc(S(=O)(=O)NCc2ccc(-c3cnn(C)c3)nc2)cc1C(N)=O. The van der Waals surface area contributed by atoms with E-state index in [0.717, 1.165) is 11.3 Å². The first-order valence-corrected chi connectivity index (χ1v) is 9.70. The second-order valence-electron chi connectivity index (χ2n) is 6.01. The molecule has 9 nitrogen and oxygen atoms in total. The standard InChI is InChI=1S/C18H19N5O4S/c1-23-11-13(10-21-23)16-5-3-12(8-20-16)9-22-28(25,26)14-4-6-17(27-2)15(7-14)18(19)24/h3-8,10-11,22H,9H2,1-2H3,(H2,19,24). The number of primary amides is 1. The highest BCUT2D eigenvalue weighted by atomic mass is 32.2. The Morgan fingerprint density at radius 2 is 2.04 bits per heavy atom. The van der Waals surface area contributed by atoms with Gasteiger partial charge in [-0.3, -0.25) is 14.5 Å². The summed E-state index contributed by atoms with van der Waals surface area (Å²) >= 11 is 0. The van der Waals surface area contributed by atoms with Crippen molar-refractivity contribution in [3.05, 3.63) is 60.0 Å². The quantitative estimate of drug-likeness (QED) is 0.609. The van der Waals surface area contributed by atoms with Crippen LogP contribution >= 0.6 is 0 Å². The third-order valence-electron chi connectivity index (χ3n) is 4.04. The fourth-order valence-electron chi connectivity index (χ4n) is 2.56. The second kappa shape index (κ2) is 7.79. The molecule has 10 heteroatoms. The number of nitrogens with one attached hydrogen (secondary N) is 1. The van der Waals surface area contributed by atoms with Gasteiger partial charge in [-0.15, -0.1) is 0 Å². The number of aromatic nitrogens is 3. The number of carbonyl (C=O) groups is 1. The highest BCUT2D eigenvalue weighted by molar-refractivity contribution is 7.89. The molecule has 3 N–H and O–H groups in total. The van der Waals surface area contributed by atoms with Crippen LogP contribution in [0.4, 0.5) is 0 Å². The summed E-state index contributed by atoms with van der Waals surface area (Å²) in [5.74, 6) is -0.564. The number of carbonyl (C=O) groups excluding carboxylic acids is 1. The summed E-state index contributed by atoms with van der Waals surface area (Å²) in [6.07, 6.45) is 5.13. The lowest BCUT2D eigenvalue weighted by molar-refractivity contribution is 0.0997. The predicted octanol–water partition coefficient (Wildman–Crippen LogP) is 1.07. The molecule has 0 radical (unpaired) electrons. The van der Waals surface area contributed by atoms with E-state index in [1.165, 1.54) is 25.3 Å². The molecule has 1 amide bonds. The molecular weight excluding hydrogens is 382 g/mol. The van der Waals surface area contributed by atoms with Crippen molar-refractivity contribution < 1.29 is 17.9 Å². The van der Waals surface area contributed by atoms with Gasteiger partial charge in [-0.25, -0.2) is 13.1 Å². The molecule has 0 unspecified atom stereocenters. The van der Waals surface area contributed by atoms with Crippen LogP contribution in [-0.4, -0.2) is 36.2 Å². The Bertz CT molecular complexity index is 1110. The van der Waals surface area contributed by atoms with E-state index >= 15 is 0 Å². The van der Waals surface area contributed by atoms with Crippen molar-refractivity contribution in [3.63, 3.8) is 0 Å². The van der Waals surface area contributed by atoms with Gasteiger partial charge in [-0.05, 0) is 29.8 Å². The van der Waals surface area contributed by atoms with E-state index in [4.69, 9.17) is 10.5 Å². The van der Waals surface area contributed by atoms with Gasteiger partial charge in [0.2, 0.25) is 10.0 Å². The van der Waals surface area contributed by atoms with Crippen molar-refractivity contribution in [2.24, 2.45) is 12.8 Å². The number of ether oxygens (including phenoxy) is 1. The Morgan fingerprint density at radius 1 is 1.25 bits per heavy atom. The summed E-state index contributed by atoms with van der Waals surface area (Å²) in [6.45, 7) is 0.0422. The van der Waals surface area contributed by atoms with Gasteiger partial charge < -0.3 is 10.5 Å². The van der Waals surface area contributed by atoms with E-state index in [9.17, 15) is 13.2 Å². The lowest BCUT2D eigenvalue weighted by atomic mass is 10.2. The van der Waals surface area contributed by atoms with E-state index in [0.29, 0.717) is 5.56 Å². The van der Waals surface area contributed by atoms with Crippen LogP contribution in [0.15, 0.2) is 53.8 Å². The minimum absolute atomic E-state index is 0.00661. The molecule has 0 fully saturated rings. The first kappa shape index (κ1) is 19.5. The molecule has 146 valence electrons. The number of sulfonamides is 1. The van der Waals surface area contributed by atoms with Crippen LogP contribution in [0.25, 0.3) is 11.3 Å². The first-order chi connectivity index (χ1) is 13.3. The molecule has 0 saturated carbocycles. The number of amides is 1. The zero-order chi connectivity index (χ0) is 20.3. The molecule has 1 aromatic carbocycles. The molecule has 0 spiro atoms. The fourth-order valence-corrected chi connectivity index (χ4v) is 3.61. The fraction of sp³-hybridized carbons (Fsp3) is 0.167. The molecule has 0 aliphatic heterocycles. The minimum Gasteiger partial charge on any atom is -0.496 e. The molecule has 0 aliphatic carbocycles. The largest absolute Gasteiger partial charge is 0.496 e. The molecule has 0 aliphatic rings. The van der Waals surface area contributed by atoms with E-state index in [2.05, 4.69) is 14.8 Å². The number of hydrogen-bond donors (Lipinski definition) is 2. The van der Waals surface area contributed by atoms with Crippen molar-refractivity contribution in [3.8, 4) is 17.0 Å². The van der Waals surface area contributed by atoms with Crippen LogP contribution in [0.5, 0.6) is 5.75 Å². The van der Waals surface area contributed by atoms with Crippen molar-refractivity contribution >= 4 is 15.9 Å². The Morgan fingerprint density at radius 3 is 2.61 bits per heavy atom. The lowest BCUT2D eigenvalue weighted by Crippen LogP contribution is -2.24. The maximum atomic E-state index is 12.5. The maximum Gasteiger partial charge on any atom is 0.252 e. The van der Waals surface area contributed by atoms with Crippen molar-refractivity contribution in [1.29, 1.82) is 0 Å². The van der Waals surface area contributed by atoms with Gasteiger partial charge in [-0.2, -0.15) is 5.10 Å².